The molecule has 1 atom stereocenters. The first-order chi connectivity index (χ1) is 6.88. The van der Waals surface area contributed by atoms with Crippen LogP contribution in [-0.4, -0.2) is 4.90 Å². The van der Waals surface area contributed by atoms with Crippen molar-refractivity contribution in [2.75, 3.05) is 0 Å². The summed E-state index contributed by atoms with van der Waals surface area (Å²) in [6, 6.07) is 8.77. The minimum Gasteiger partial charge on any atom is -0.344 e. The van der Waals surface area contributed by atoms with Gasteiger partial charge in [-0.3, -0.25) is 0 Å². The molecule has 2 nitrogen and oxygen atoms in total. The van der Waals surface area contributed by atoms with Crippen molar-refractivity contribution in [3.05, 3.63) is 47.3 Å². The zero-order chi connectivity index (χ0) is 9.54. The number of aryl methyl sites for hydroxylation is 1. The third-order valence-electron chi connectivity index (χ3n) is 3.00. The fourth-order valence-corrected chi connectivity index (χ4v) is 2.22. The van der Waals surface area contributed by atoms with Crippen molar-refractivity contribution < 1.29 is 0 Å². The van der Waals surface area contributed by atoms with Crippen molar-refractivity contribution in [2.45, 2.75) is 18.9 Å². The second-order valence-electron chi connectivity index (χ2n) is 3.83. The van der Waals surface area contributed by atoms with E-state index in [1.54, 1.807) is 0 Å². The highest BCUT2D eigenvalue weighted by Crippen LogP contribution is 2.39. The highest BCUT2D eigenvalue weighted by Gasteiger charge is 2.28. The number of benzene rings is 1. The minimum atomic E-state index is 0.540. The molecule has 2 heteroatoms. The Hall–Kier alpha value is -1.75. The van der Waals surface area contributed by atoms with E-state index in [1.165, 1.54) is 17.5 Å². The minimum absolute atomic E-state index is 0.540. The van der Waals surface area contributed by atoms with Crippen molar-refractivity contribution in [1.82, 2.24) is 4.90 Å². The molecule has 0 N–H and O–H groups in total. The maximum absolute atomic E-state index is 8.78. The van der Waals surface area contributed by atoms with Gasteiger partial charge in [-0.05, 0) is 36.1 Å². The molecule has 0 saturated heterocycles. The SMILES string of the molecule is N#Cc1ccc2c(c1)CC[C@H]2N1C=C1. The Morgan fingerprint density at radius 1 is 1.36 bits per heavy atom. The average molecular weight is 182 g/mol. The van der Waals surface area contributed by atoms with Gasteiger partial charge in [-0.15, -0.1) is 0 Å². The number of rotatable bonds is 1. The van der Waals surface area contributed by atoms with Crippen molar-refractivity contribution in [3.8, 4) is 6.07 Å². The molecular weight excluding hydrogens is 172 g/mol. The molecule has 68 valence electrons. The molecule has 0 spiro atoms. The van der Waals surface area contributed by atoms with Gasteiger partial charge in [0.15, 0.2) is 0 Å². The number of nitriles is 1. The van der Waals surface area contributed by atoms with Crippen molar-refractivity contribution in [3.63, 3.8) is 0 Å². The fraction of sp³-hybridized carbons (Fsp3) is 0.250. The van der Waals surface area contributed by atoms with Crippen LogP contribution in [0.1, 0.15) is 29.2 Å². The van der Waals surface area contributed by atoms with Gasteiger partial charge < -0.3 is 4.90 Å². The summed E-state index contributed by atoms with van der Waals surface area (Å²) >= 11 is 0. The maximum atomic E-state index is 8.78. The molecule has 2 aliphatic rings. The lowest BCUT2D eigenvalue weighted by molar-refractivity contribution is 0.442. The lowest BCUT2D eigenvalue weighted by atomic mass is 10.1. The average Bonchev–Trinajstić information content (AvgIpc) is 2.98. The van der Waals surface area contributed by atoms with Crippen LogP contribution in [0.4, 0.5) is 0 Å². The lowest BCUT2D eigenvalue weighted by Gasteiger charge is -2.13. The summed E-state index contributed by atoms with van der Waals surface area (Å²) in [5, 5.41) is 8.78. The van der Waals surface area contributed by atoms with E-state index >= 15 is 0 Å². The first kappa shape index (κ1) is 7.64. The predicted molar refractivity (Wildman–Crippen MR) is 53.2 cm³/mol. The standard InChI is InChI=1S/C12H10N2/c13-8-9-1-3-11-10(7-9)2-4-12(11)14-5-6-14/h1,3,5-7,12H,2,4H2/t12-/m1/s1. The van der Waals surface area contributed by atoms with Crippen LogP contribution in [0.25, 0.3) is 0 Å². The third kappa shape index (κ3) is 1.03. The van der Waals surface area contributed by atoms with Gasteiger partial charge in [0.1, 0.15) is 0 Å². The zero-order valence-corrected chi connectivity index (χ0v) is 7.77. The van der Waals surface area contributed by atoms with Crippen molar-refractivity contribution in [2.24, 2.45) is 0 Å². The van der Waals surface area contributed by atoms with E-state index < -0.39 is 0 Å². The number of hydrogen-bond donors (Lipinski definition) is 0. The Balaban J connectivity index is 2.00. The van der Waals surface area contributed by atoms with Gasteiger partial charge in [-0.1, -0.05) is 6.07 Å². The predicted octanol–water partition coefficient (Wildman–Crippen LogP) is 2.33. The van der Waals surface area contributed by atoms with E-state index in [0.29, 0.717) is 6.04 Å². The van der Waals surface area contributed by atoms with E-state index in [4.69, 9.17) is 5.26 Å². The van der Waals surface area contributed by atoms with E-state index in [1.807, 2.05) is 12.1 Å². The Morgan fingerprint density at radius 2 is 2.21 bits per heavy atom. The highest BCUT2D eigenvalue weighted by molar-refractivity contribution is 5.43. The van der Waals surface area contributed by atoms with Crippen LogP contribution >= 0.6 is 0 Å². The Morgan fingerprint density at radius 3 is 2.93 bits per heavy atom. The maximum Gasteiger partial charge on any atom is 0.0991 e. The largest absolute Gasteiger partial charge is 0.344 e. The van der Waals surface area contributed by atoms with Crippen LogP contribution in [0.15, 0.2) is 30.6 Å². The molecule has 1 aromatic rings. The number of hydrogen-bond acceptors (Lipinski definition) is 2. The summed E-state index contributed by atoms with van der Waals surface area (Å²) in [6.45, 7) is 0. The summed E-state index contributed by atoms with van der Waals surface area (Å²) < 4.78 is 0. The van der Waals surface area contributed by atoms with E-state index in [9.17, 15) is 0 Å². The topological polar surface area (TPSA) is 26.8 Å². The molecule has 14 heavy (non-hydrogen) atoms. The van der Waals surface area contributed by atoms with E-state index in [0.717, 1.165) is 12.0 Å². The van der Waals surface area contributed by atoms with Crippen LogP contribution in [0.2, 0.25) is 0 Å². The molecule has 1 aliphatic carbocycles. The summed E-state index contributed by atoms with van der Waals surface area (Å²) in [4.78, 5) is 2.25. The van der Waals surface area contributed by atoms with Crippen LogP contribution in [0, 0.1) is 11.3 Å². The lowest BCUT2D eigenvalue weighted by Crippen LogP contribution is -2.04. The molecule has 0 bridgehead atoms. The van der Waals surface area contributed by atoms with Gasteiger partial charge in [0.05, 0.1) is 17.7 Å². The molecule has 1 aromatic carbocycles. The van der Waals surface area contributed by atoms with E-state index in [2.05, 4.69) is 29.4 Å². The van der Waals surface area contributed by atoms with Gasteiger partial charge >= 0.3 is 0 Å². The van der Waals surface area contributed by atoms with Crippen LogP contribution in [-0.2, 0) is 6.42 Å². The summed E-state index contributed by atoms with van der Waals surface area (Å²) in [5.74, 6) is 0. The quantitative estimate of drug-likeness (QED) is 0.666. The highest BCUT2D eigenvalue weighted by atomic mass is 15.2. The van der Waals surface area contributed by atoms with E-state index in [-0.39, 0.29) is 0 Å². The first-order valence-corrected chi connectivity index (χ1v) is 4.87. The number of fused-ring (bicyclic) bond motifs is 1. The molecule has 3 rings (SSSR count). The molecule has 0 radical (unpaired) electrons. The first-order valence-electron chi connectivity index (χ1n) is 4.87. The number of nitrogens with zero attached hydrogens (tertiary/aromatic N) is 2. The Labute approximate surface area is 83.1 Å². The van der Waals surface area contributed by atoms with Gasteiger partial charge in [-0.25, -0.2) is 0 Å². The second-order valence-corrected chi connectivity index (χ2v) is 3.83. The van der Waals surface area contributed by atoms with Crippen molar-refractivity contribution >= 4 is 0 Å². The van der Waals surface area contributed by atoms with Gasteiger partial charge in [0, 0.05) is 12.4 Å². The second kappa shape index (κ2) is 2.62. The van der Waals surface area contributed by atoms with Gasteiger partial charge in [0.25, 0.3) is 0 Å². The smallest absolute Gasteiger partial charge is 0.0991 e. The van der Waals surface area contributed by atoms with Crippen LogP contribution < -0.4 is 0 Å². The summed E-state index contributed by atoms with van der Waals surface area (Å²) in [6.07, 6.45) is 6.50. The monoisotopic (exact) mass is 182 g/mol. The third-order valence-corrected chi connectivity index (χ3v) is 3.00. The molecule has 1 heterocycles. The molecular formula is C12H10N2. The Bertz CT molecular complexity index is 448. The summed E-state index contributed by atoms with van der Waals surface area (Å²) in [5.41, 5.74) is 3.53. The van der Waals surface area contributed by atoms with Gasteiger partial charge in [-0.2, -0.15) is 5.26 Å². The van der Waals surface area contributed by atoms with Crippen LogP contribution in [0.5, 0.6) is 0 Å². The molecule has 0 fully saturated rings. The summed E-state index contributed by atoms with van der Waals surface area (Å²) in [7, 11) is 0. The Kier molecular flexibility index (Phi) is 1.43. The molecule has 1 aliphatic heterocycles. The zero-order valence-electron chi connectivity index (χ0n) is 7.77. The fourth-order valence-electron chi connectivity index (χ4n) is 2.22. The molecule has 0 unspecified atom stereocenters. The van der Waals surface area contributed by atoms with Crippen molar-refractivity contribution in [1.29, 1.82) is 5.26 Å². The molecule has 0 aromatic heterocycles. The van der Waals surface area contributed by atoms with Crippen LogP contribution in [0.3, 0.4) is 0 Å². The van der Waals surface area contributed by atoms with Gasteiger partial charge in [0.2, 0.25) is 0 Å². The molecule has 0 saturated carbocycles. The normalized spacial score (nSPS) is 21.9. The molecule has 0 amide bonds.